The fraction of sp³-hybridized carbons (Fsp3) is 0.407. The molecule has 0 radical (unpaired) electrons. The number of carbonyl (C=O) groups excluding carboxylic acids is 2. The van der Waals surface area contributed by atoms with Crippen LogP contribution in [-0.2, 0) is 9.59 Å². The first-order chi connectivity index (χ1) is 16.1. The Bertz CT molecular complexity index is 993. The van der Waals surface area contributed by atoms with E-state index in [1.165, 1.54) is 0 Å². The van der Waals surface area contributed by atoms with Crippen molar-refractivity contribution in [3.63, 3.8) is 0 Å². The highest BCUT2D eigenvalue weighted by atomic mass is 16.5. The Labute approximate surface area is 195 Å². The van der Waals surface area contributed by atoms with Crippen LogP contribution in [-0.4, -0.2) is 29.7 Å². The van der Waals surface area contributed by atoms with Gasteiger partial charge >= 0.3 is 0 Å². The molecule has 0 fully saturated rings. The van der Waals surface area contributed by atoms with Gasteiger partial charge < -0.3 is 10.1 Å². The minimum atomic E-state index is -0.398. The number of carbonyl (C=O) groups is 2. The van der Waals surface area contributed by atoms with Crippen LogP contribution in [0.2, 0.25) is 0 Å². The fourth-order valence-electron chi connectivity index (χ4n) is 4.12. The predicted molar refractivity (Wildman–Crippen MR) is 130 cm³/mol. The van der Waals surface area contributed by atoms with Gasteiger partial charge in [-0.3, -0.25) is 14.8 Å². The van der Waals surface area contributed by atoms with E-state index in [9.17, 15) is 9.59 Å². The van der Waals surface area contributed by atoms with Gasteiger partial charge in [0.25, 0.3) is 5.91 Å². The minimum absolute atomic E-state index is 0.0447. The summed E-state index contributed by atoms with van der Waals surface area (Å²) in [6.07, 6.45) is 11.9. The zero-order valence-electron chi connectivity index (χ0n) is 19.3. The summed E-state index contributed by atoms with van der Waals surface area (Å²) in [5.41, 5.74) is 2.23. The summed E-state index contributed by atoms with van der Waals surface area (Å²) in [4.78, 5) is 24.3. The van der Waals surface area contributed by atoms with E-state index in [0.29, 0.717) is 24.3 Å². The molecule has 3 rings (SSSR count). The summed E-state index contributed by atoms with van der Waals surface area (Å²) >= 11 is 0. The lowest BCUT2D eigenvalue weighted by Crippen LogP contribution is -2.39. The Kier molecular flexibility index (Phi) is 9.51. The maximum Gasteiger partial charge on any atom is 0.250 e. The van der Waals surface area contributed by atoms with E-state index in [4.69, 9.17) is 9.94 Å². The number of ether oxygens (including phenoxy) is 1. The van der Waals surface area contributed by atoms with Gasteiger partial charge in [0.2, 0.25) is 5.91 Å². The number of fused-ring (bicyclic) bond motifs is 1. The van der Waals surface area contributed by atoms with Crippen molar-refractivity contribution < 1.29 is 19.5 Å². The molecule has 2 amide bonds. The van der Waals surface area contributed by atoms with Crippen molar-refractivity contribution >= 4 is 22.6 Å². The second kappa shape index (κ2) is 12.8. The van der Waals surface area contributed by atoms with Crippen LogP contribution in [0, 0.1) is 5.92 Å². The van der Waals surface area contributed by atoms with E-state index < -0.39 is 5.91 Å². The molecule has 2 unspecified atom stereocenters. The second-order valence-electron chi connectivity index (χ2n) is 8.56. The Morgan fingerprint density at radius 2 is 2.00 bits per heavy atom. The van der Waals surface area contributed by atoms with Crippen molar-refractivity contribution in [1.82, 2.24) is 10.8 Å². The summed E-state index contributed by atoms with van der Waals surface area (Å²) in [5, 5.41) is 13.9. The molecular weight excluding hydrogens is 416 g/mol. The Morgan fingerprint density at radius 3 is 2.79 bits per heavy atom. The maximum absolute atomic E-state index is 13.1. The number of unbranched alkanes of at least 4 members (excludes halogenated alkanes) is 2. The lowest BCUT2D eigenvalue weighted by molar-refractivity contribution is -0.129. The van der Waals surface area contributed by atoms with Crippen LogP contribution in [0.25, 0.3) is 10.8 Å². The molecule has 1 aliphatic rings. The summed E-state index contributed by atoms with van der Waals surface area (Å²) in [6.45, 7) is 2.22. The van der Waals surface area contributed by atoms with Crippen molar-refractivity contribution in [3.8, 4) is 5.75 Å². The largest absolute Gasteiger partial charge is 0.488 e. The smallest absolute Gasteiger partial charge is 0.250 e. The summed E-state index contributed by atoms with van der Waals surface area (Å²) in [6, 6.07) is 14.0. The molecule has 6 nitrogen and oxygen atoms in total. The molecule has 0 heterocycles. The molecule has 0 aromatic heterocycles. The molecule has 2 atom stereocenters. The third-order valence-corrected chi connectivity index (χ3v) is 6.09. The molecule has 3 N–H and O–H groups in total. The van der Waals surface area contributed by atoms with Gasteiger partial charge in [-0.2, -0.15) is 0 Å². The standard InChI is InChI=1S/C27H34N2O4/c1-20(21-11-4-2-5-12-21)28-27(31)23(14-6-3-7-18-26(30)29-32)19-33-25-17-10-15-22-13-8-9-16-24(22)25/h4,8-11,13-17,20-21,32H,2-3,5-7,12,18-19H2,1H3,(H,28,31)(H,29,30). The third kappa shape index (κ3) is 7.46. The van der Waals surface area contributed by atoms with E-state index >= 15 is 0 Å². The maximum atomic E-state index is 13.1. The van der Waals surface area contributed by atoms with Crippen molar-refractivity contribution in [3.05, 3.63) is 66.3 Å². The van der Waals surface area contributed by atoms with Gasteiger partial charge in [0.05, 0.1) is 5.57 Å². The highest BCUT2D eigenvalue weighted by Crippen LogP contribution is 2.26. The van der Waals surface area contributed by atoms with E-state index in [1.807, 2.05) is 48.5 Å². The topological polar surface area (TPSA) is 87.7 Å². The van der Waals surface area contributed by atoms with E-state index in [2.05, 4.69) is 24.4 Å². The van der Waals surface area contributed by atoms with E-state index in [1.54, 1.807) is 5.48 Å². The molecule has 2 aromatic carbocycles. The van der Waals surface area contributed by atoms with Gasteiger partial charge in [0.1, 0.15) is 12.4 Å². The number of amides is 2. The average Bonchev–Trinajstić information content (AvgIpc) is 2.85. The molecule has 33 heavy (non-hydrogen) atoms. The van der Waals surface area contributed by atoms with Crippen molar-refractivity contribution in [2.24, 2.45) is 5.92 Å². The fourth-order valence-corrected chi connectivity index (χ4v) is 4.12. The number of nitrogens with one attached hydrogen (secondary N) is 2. The van der Waals surface area contributed by atoms with E-state index in [-0.39, 0.29) is 25.0 Å². The number of hydrogen-bond donors (Lipinski definition) is 3. The van der Waals surface area contributed by atoms with Crippen LogP contribution in [0.3, 0.4) is 0 Å². The Balaban J connectivity index is 1.66. The highest BCUT2D eigenvalue weighted by Gasteiger charge is 2.20. The average molecular weight is 451 g/mol. The van der Waals surface area contributed by atoms with Gasteiger partial charge in [0.15, 0.2) is 0 Å². The Hall–Kier alpha value is -3.12. The number of rotatable bonds is 11. The minimum Gasteiger partial charge on any atom is -0.488 e. The zero-order chi connectivity index (χ0) is 23.5. The molecule has 0 saturated heterocycles. The van der Waals surface area contributed by atoms with Crippen molar-refractivity contribution in [2.45, 2.75) is 57.9 Å². The molecule has 176 valence electrons. The number of hydroxylamine groups is 1. The quantitative estimate of drug-likeness (QED) is 0.147. The molecule has 1 aliphatic carbocycles. The van der Waals surface area contributed by atoms with Crippen LogP contribution in [0.4, 0.5) is 0 Å². The number of allylic oxidation sites excluding steroid dienone is 2. The molecule has 0 spiro atoms. The first kappa shape index (κ1) is 24.5. The van der Waals surface area contributed by atoms with Crippen LogP contribution in [0.5, 0.6) is 5.75 Å². The van der Waals surface area contributed by atoms with Gasteiger partial charge in [-0.15, -0.1) is 0 Å². The van der Waals surface area contributed by atoms with Gasteiger partial charge in [-0.25, -0.2) is 5.48 Å². The molecule has 2 aromatic rings. The molecule has 6 heteroatoms. The highest BCUT2D eigenvalue weighted by molar-refractivity contribution is 5.94. The Morgan fingerprint density at radius 1 is 1.18 bits per heavy atom. The number of hydrogen-bond acceptors (Lipinski definition) is 4. The monoisotopic (exact) mass is 450 g/mol. The molecule has 0 aliphatic heterocycles. The first-order valence-corrected chi connectivity index (χ1v) is 11.8. The van der Waals surface area contributed by atoms with Crippen molar-refractivity contribution in [1.29, 1.82) is 0 Å². The van der Waals surface area contributed by atoms with E-state index in [0.717, 1.165) is 42.2 Å². The normalized spacial score (nSPS) is 16.9. The SMILES string of the molecule is CC(NC(=O)C(=CCCCCC(=O)NO)COc1cccc2ccccc12)C1C=CCCC1. The number of benzene rings is 2. The van der Waals surface area contributed by atoms with Crippen LogP contribution in [0.15, 0.2) is 66.3 Å². The zero-order valence-corrected chi connectivity index (χ0v) is 19.3. The summed E-state index contributed by atoms with van der Waals surface area (Å²) in [5.74, 6) is 0.579. The second-order valence-corrected chi connectivity index (χ2v) is 8.56. The lowest BCUT2D eigenvalue weighted by Gasteiger charge is -2.25. The predicted octanol–water partition coefficient (Wildman–Crippen LogP) is 5.07. The molecular formula is C27H34N2O4. The summed E-state index contributed by atoms with van der Waals surface area (Å²) in [7, 11) is 0. The lowest BCUT2D eigenvalue weighted by atomic mass is 9.90. The third-order valence-electron chi connectivity index (χ3n) is 6.09. The summed E-state index contributed by atoms with van der Waals surface area (Å²) < 4.78 is 6.10. The van der Waals surface area contributed by atoms with Gasteiger partial charge in [-0.05, 0) is 62.8 Å². The van der Waals surface area contributed by atoms with Crippen LogP contribution < -0.4 is 15.5 Å². The van der Waals surface area contributed by atoms with Crippen LogP contribution >= 0.6 is 0 Å². The van der Waals surface area contributed by atoms with Gasteiger partial charge in [-0.1, -0.05) is 54.6 Å². The molecule has 0 saturated carbocycles. The molecule has 0 bridgehead atoms. The first-order valence-electron chi connectivity index (χ1n) is 11.8. The van der Waals surface area contributed by atoms with Gasteiger partial charge in [0, 0.05) is 17.8 Å². The van der Waals surface area contributed by atoms with Crippen LogP contribution in [0.1, 0.15) is 51.9 Å². The van der Waals surface area contributed by atoms with Crippen molar-refractivity contribution in [2.75, 3.05) is 6.61 Å².